The van der Waals surface area contributed by atoms with Crippen LogP contribution in [-0.2, 0) is 25.9 Å². The van der Waals surface area contributed by atoms with Gasteiger partial charge in [-0.2, -0.15) is 16.9 Å². The minimum absolute atomic E-state index is 0.394. The number of alkyl halides is 1. The van der Waals surface area contributed by atoms with Crippen molar-refractivity contribution in [1.29, 1.82) is 0 Å². The average molecular weight is 299 g/mol. The lowest BCUT2D eigenvalue weighted by Gasteiger charge is -2.15. The zero-order valence-electron chi connectivity index (χ0n) is 11.6. The molecule has 1 aliphatic carbocycles. The summed E-state index contributed by atoms with van der Waals surface area (Å²) in [6.07, 6.45) is 5.67. The van der Waals surface area contributed by atoms with Crippen LogP contribution in [0.25, 0.3) is 11.2 Å². The molecule has 0 radical (unpaired) electrons. The van der Waals surface area contributed by atoms with Crippen LogP contribution < -0.4 is 0 Å². The van der Waals surface area contributed by atoms with E-state index in [1.807, 2.05) is 23.5 Å². The van der Waals surface area contributed by atoms with Gasteiger partial charge in [0.2, 0.25) is 0 Å². The van der Waals surface area contributed by atoms with E-state index in [4.69, 9.17) is 16.6 Å². The predicted octanol–water partition coefficient (Wildman–Crippen LogP) is 2.97. The van der Waals surface area contributed by atoms with E-state index in [1.165, 1.54) is 12.8 Å². The van der Waals surface area contributed by atoms with Crippen molar-refractivity contribution in [3.63, 3.8) is 0 Å². The maximum atomic E-state index is 6.08. The summed E-state index contributed by atoms with van der Waals surface area (Å²) in [5.74, 6) is 1.43. The Balaban J connectivity index is 2.12. The Kier molecular flexibility index (Phi) is 3.29. The number of fused-ring (bicyclic) bond motifs is 1. The quantitative estimate of drug-likeness (QED) is 0.796. The van der Waals surface area contributed by atoms with E-state index in [9.17, 15) is 0 Å². The summed E-state index contributed by atoms with van der Waals surface area (Å²) in [6, 6.07) is 0. The first kappa shape index (κ1) is 13.3. The molecule has 1 aliphatic rings. The Bertz CT molecular complexity index is 612. The lowest BCUT2D eigenvalue weighted by Crippen LogP contribution is -2.17. The van der Waals surface area contributed by atoms with Crippen molar-refractivity contribution >= 4 is 34.5 Å². The molecule has 0 spiro atoms. The maximum Gasteiger partial charge on any atom is 0.158 e. The second-order valence-corrected chi connectivity index (χ2v) is 6.77. The highest BCUT2D eigenvalue weighted by molar-refractivity contribution is 8.00. The SMILES string of the molecule is CCc1nn(C)c2c1nc(CCl)n2CC1(SC)CC1. The van der Waals surface area contributed by atoms with Gasteiger partial charge in [0.25, 0.3) is 0 Å². The minimum Gasteiger partial charge on any atom is -0.310 e. The van der Waals surface area contributed by atoms with Gasteiger partial charge in [-0.3, -0.25) is 4.68 Å². The third-order valence-electron chi connectivity index (χ3n) is 4.01. The first-order valence-corrected chi connectivity index (χ1v) is 8.42. The molecule has 0 atom stereocenters. The maximum absolute atomic E-state index is 6.08. The van der Waals surface area contributed by atoms with E-state index in [0.717, 1.165) is 35.6 Å². The summed E-state index contributed by atoms with van der Waals surface area (Å²) >= 11 is 8.04. The lowest BCUT2D eigenvalue weighted by atomic mass is 10.3. The highest BCUT2D eigenvalue weighted by Crippen LogP contribution is 2.49. The molecular formula is C13H19ClN4S. The fourth-order valence-electron chi connectivity index (χ4n) is 2.65. The van der Waals surface area contributed by atoms with E-state index in [1.54, 1.807) is 0 Å². The molecule has 2 aromatic heterocycles. The van der Waals surface area contributed by atoms with Gasteiger partial charge in [0, 0.05) is 18.3 Å². The Morgan fingerprint density at radius 1 is 1.42 bits per heavy atom. The number of rotatable bonds is 5. The van der Waals surface area contributed by atoms with Crippen molar-refractivity contribution in [3.05, 3.63) is 11.5 Å². The van der Waals surface area contributed by atoms with Crippen LogP contribution >= 0.6 is 23.4 Å². The van der Waals surface area contributed by atoms with Crippen LogP contribution in [0, 0.1) is 0 Å². The largest absolute Gasteiger partial charge is 0.310 e. The van der Waals surface area contributed by atoms with Gasteiger partial charge in [-0.1, -0.05) is 6.92 Å². The minimum atomic E-state index is 0.394. The number of aromatic nitrogens is 4. The Hall–Kier alpha value is -0.680. The molecular weight excluding hydrogens is 280 g/mol. The Labute approximate surface area is 122 Å². The normalized spacial score (nSPS) is 17.3. The molecule has 1 saturated carbocycles. The average Bonchev–Trinajstić information content (AvgIpc) is 3.00. The van der Waals surface area contributed by atoms with E-state index in [-0.39, 0.29) is 0 Å². The third-order valence-corrected chi connectivity index (χ3v) is 5.65. The van der Waals surface area contributed by atoms with Crippen LogP contribution in [0.2, 0.25) is 0 Å². The van der Waals surface area contributed by atoms with Crippen LogP contribution in [0.5, 0.6) is 0 Å². The molecule has 0 aromatic carbocycles. The van der Waals surface area contributed by atoms with Gasteiger partial charge in [0.05, 0.1) is 11.6 Å². The molecule has 2 aromatic rings. The summed E-state index contributed by atoms with van der Waals surface area (Å²) < 4.78 is 4.62. The highest BCUT2D eigenvalue weighted by atomic mass is 35.5. The summed E-state index contributed by atoms with van der Waals surface area (Å²) in [5.41, 5.74) is 3.21. The molecule has 0 saturated heterocycles. The molecule has 0 amide bonds. The zero-order valence-corrected chi connectivity index (χ0v) is 13.2. The topological polar surface area (TPSA) is 35.6 Å². The molecule has 6 heteroatoms. The molecule has 3 rings (SSSR count). The number of thioether (sulfide) groups is 1. The van der Waals surface area contributed by atoms with E-state index in [2.05, 4.69) is 22.8 Å². The molecule has 0 unspecified atom stereocenters. The van der Waals surface area contributed by atoms with Crippen LogP contribution in [0.4, 0.5) is 0 Å². The summed E-state index contributed by atoms with van der Waals surface area (Å²) in [5, 5.41) is 4.56. The third kappa shape index (κ3) is 2.07. The van der Waals surface area contributed by atoms with Gasteiger partial charge in [-0.25, -0.2) is 4.98 Å². The van der Waals surface area contributed by atoms with Gasteiger partial charge >= 0.3 is 0 Å². The molecule has 104 valence electrons. The lowest BCUT2D eigenvalue weighted by molar-refractivity contribution is 0.626. The van der Waals surface area contributed by atoms with Crippen LogP contribution in [-0.4, -0.2) is 30.3 Å². The standard InChI is InChI=1S/C13H19ClN4S/c1-4-9-11-12(17(2)16-9)18(10(7-14)15-11)8-13(19-3)5-6-13/h4-8H2,1-3H3. The van der Waals surface area contributed by atoms with Crippen molar-refractivity contribution in [2.45, 2.75) is 43.4 Å². The number of halogens is 1. The molecule has 0 N–H and O–H groups in total. The smallest absolute Gasteiger partial charge is 0.158 e. The first-order chi connectivity index (χ1) is 9.14. The Morgan fingerprint density at radius 2 is 2.16 bits per heavy atom. The Morgan fingerprint density at radius 3 is 2.68 bits per heavy atom. The molecule has 4 nitrogen and oxygen atoms in total. The molecule has 2 heterocycles. The molecule has 1 fully saturated rings. The second-order valence-electron chi connectivity index (χ2n) is 5.23. The van der Waals surface area contributed by atoms with Crippen molar-refractivity contribution < 1.29 is 0 Å². The molecule has 0 aliphatic heterocycles. The van der Waals surface area contributed by atoms with E-state index < -0.39 is 0 Å². The number of aryl methyl sites for hydroxylation is 2. The highest BCUT2D eigenvalue weighted by Gasteiger charge is 2.43. The molecule has 19 heavy (non-hydrogen) atoms. The van der Waals surface area contributed by atoms with Gasteiger partial charge in [-0.15, -0.1) is 11.6 Å². The molecule has 0 bridgehead atoms. The van der Waals surface area contributed by atoms with Crippen molar-refractivity contribution in [3.8, 4) is 0 Å². The van der Waals surface area contributed by atoms with E-state index >= 15 is 0 Å². The van der Waals surface area contributed by atoms with Crippen LogP contribution in [0.3, 0.4) is 0 Å². The number of hydrogen-bond acceptors (Lipinski definition) is 3. The fourth-order valence-corrected chi connectivity index (χ4v) is 3.62. The van der Waals surface area contributed by atoms with Crippen LogP contribution in [0.15, 0.2) is 0 Å². The summed E-state index contributed by atoms with van der Waals surface area (Å²) in [6.45, 7) is 3.11. The van der Waals surface area contributed by atoms with Gasteiger partial charge in [0.1, 0.15) is 11.3 Å². The van der Waals surface area contributed by atoms with Crippen molar-refractivity contribution in [2.75, 3.05) is 6.26 Å². The zero-order chi connectivity index (χ0) is 13.6. The van der Waals surface area contributed by atoms with Crippen molar-refractivity contribution in [1.82, 2.24) is 19.3 Å². The number of imidazole rings is 1. The number of nitrogens with zero attached hydrogens (tertiary/aromatic N) is 4. The first-order valence-electron chi connectivity index (χ1n) is 6.66. The van der Waals surface area contributed by atoms with Gasteiger partial charge in [-0.05, 0) is 25.5 Å². The summed E-state index contributed by atoms with van der Waals surface area (Å²) in [4.78, 5) is 4.71. The fraction of sp³-hybridized carbons (Fsp3) is 0.692. The van der Waals surface area contributed by atoms with E-state index in [0.29, 0.717) is 10.6 Å². The second kappa shape index (κ2) is 4.70. The number of hydrogen-bond donors (Lipinski definition) is 0. The van der Waals surface area contributed by atoms with Crippen LogP contribution in [0.1, 0.15) is 31.3 Å². The predicted molar refractivity (Wildman–Crippen MR) is 80.9 cm³/mol. The van der Waals surface area contributed by atoms with Crippen molar-refractivity contribution in [2.24, 2.45) is 7.05 Å². The summed E-state index contributed by atoms with van der Waals surface area (Å²) in [7, 11) is 2.00. The van der Waals surface area contributed by atoms with Gasteiger partial charge < -0.3 is 4.57 Å². The van der Waals surface area contributed by atoms with Gasteiger partial charge in [0.15, 0.2) is 5.65 Å². The monoisotopic (exact) mass is 298 g/mol.